The first-order valence-electron chi connectivity index (χ1n) is 6.41. The number of benzene rings is 2. The third-order valence-corrected chi connectivity index (χ3v) is 3.36. The second-order valence-corrected chi connectivity index (χ2v) is 4.71. The molecule has 2 aromatic heterocycles. The molecule has 0 radical (unpaired) electrons. The molecule has 0 atom stereocenters. The molecule has 2 heterocycles. The second kappa shape index (κ2) is 4.06. The summed E-state index contributed by atoms with van der Waals surface area (Å²) < 4.78 is 1.99. The number of rotatable bonds is 1. The summed E-state index contributed by atoms with van der Waals surface area (Å²) in [5, 5.41) is 0. The van der Waals surface area contributed by atoms with Crippen LogP contribution in [0.3, 0.4) is 0 Å². The molecule has 0 bridgehead atoms. The van der Waals surface area contributed by atoms with Gasteiger partial charge in [0, 0.05) is 17.4 Å². The lowest BCUT2D eigenvalue weighted by molar-refractivity contribution is 1.14. The number of anilines is 1. The zero-order chi connectivity index (χ0) is 13.5. The summed E-state index contributed by atoms with van der Waals surface area (Å²) in [6.45, 7) is 0. The highest BCUT2D eigenvalue weighted by atomic mass is 15.1. The van der Waals surface area contributed by atoms with Crippen molar-refractivity contribution < 1.29 is 0 Å². The minimum Gasteiger partial charge on any atom is -0.399 e. The number of imidazole rings is 1. The summed E-state index contributed by atoms with van der Waals surface area (Å²) in [6, 6.07) is 17.7. The zero-order valence-electron chi connectivity index (χ0n) is 10.7. The fourth-order valence-electron chi connectivity index (χ4n) is 2.41. The normalized spacial score (nSPS) is 11.2. The van der Waals surface area contributed by atoms with Crippen LogP contribution in [0.25, 0.3) is 28.1 Å². The minimum absolute atomic E-state index is 0.700. The Labute approximate surface area is 115 Å². The van der Waals surface area contributed by atoms with E-state index in [1.54, 1.807) is 0 Å². The van der Waals surface area contributed by atoms with Gasteiger partial charge in [-0.25, -0.2) is 9.97 Å². The molecule has 0 fully saturated rings. The number of nitrogens with zero attached hydrogens (tertiary/aromatic N) is 3. The van der Waals surface area contributed by atoms with Gasteiger partial charge in [0.05, 0.1) is 16.7 Å². The van der Waals surface area contributed by atoms with Crippen LogP contribution in [-0.4, -0.2) is 14.4 Å². The van der Waals surface area contributed by atoms with Crippen molar-refractivity contribution in [1.29, 1.82) is 0 Å². The van der Waals surface area contributed by atoms with Crippen molar-refractivity contribution in [3.8, 4) is 11.3 Å². The highest BCUT2D eigenvalue weighted by Crippen LogP contribution is 2.22. The molecule has 20 heavy (non-hydrogen) atoms. The van der Waals surface area contributed by atoms with Gasteiger partial charge in [0.25, 0.3) is 0 Å². The predicted molar refractivity (Wildman–Crippen MR) is 80.3 cm³/mol. The summed E-state index contributed by atoms with van der Waals surface area (Å²) in [7, 11) is 0. The van der Waals surface area contributed by atoms with E-state index in [0.717, 1.165) is 28.0 Å². The minimum atomic E-state index is 0.700. The Balaban J connectivity index is 1.97. The Morgan fingerprint density at radius 1 is 0.900 bits per heavy atom. The highest BCUT2D eigenvalue weighted by molar-refractivity contribution is 5.80. The van der Waals surface area contributed by atoms with Crippen LogP contribution < -0.4 is 5.73 Å². The second-order valence-electron chi connectivity index (χ2n) is 4.71. The molecule has 0 amide bonds. The Morgan fingerprint density at radius 3 is 2.70 bits per heavy atom. The van der Waals surface area contributed by atoms with Crippen LogP contribution in [0.4, 0.5) is 5.69 Å². The van der Waals surface area contributed by atoms with Crippen LogP contribution in [0.1, 0.15) is 0 Å². The fraction of sp³-hybridized carbons (Fsp3) is 0. The van der Waals surface area contributed by atoms with Gasteiger partial charge < -0.3 is 5.73 Å². The van der Waals surface area contributed by atoms with Crippen LogP contribution in [0, 0.1) is 0 Å². The Hall–Kier alpha value is -2.88. The van der Waals surface area contributed by atoms with E-state index in [9.17, 15) is 0 Å². The maximum absolute atomic E-state index is 5.82. The Kier molecular flexibility index (Phi) is 2.23. The summed E-state index contributed by atoms with van der Waals surface area (Å²) in [5.41, 5.74) is 10.4. The third-order valence-electron chi connectivity index (χ3n) is 3.36. The topological polar surface area (TPSA) is 56.2 Å². The quantitative estimate of drug-likeness (QED) is 0.535. The van der Waals surface area contributed by atoms with Crippen molar-refractivity contribution in [1.82, 2.24) is 14.4 Å². The number of para-hydroxylation sites is 2. The van der Waals surface area contributed by atoms with Crippen molar-refractivity contribution in [2.45, 2.75) is 0 Å². The van der Waals surface area contributed by atoms with Gasteiger partial charge in [-0.1, -0.05) is 24.3 Å². The number of fused-ring (bicyclic) bond motifs is 3. The van der Waals surface area contributed by atoms with Gasteiger partial charge in [0.2, 0.25) is 5.78 Å². The molecule has 2 N–H and O–H groups in total. The molecule has 96 valence electrons. The summed E-state index contributed by atoms with van der Waals surface area (Å²) in [4.78, 5) is 9.16. The molecule has 0 saturated heterocycles. The number of hydrogen-bond donors (Lipinski definition) is 1. The number of aromatic nitrogens is 3. The number of nitrogens with two attached hydrogens (primary N) is 1. The van der Waals surface area contributed by atoms with Crippen LogP contribution in [0.15, 0.2) is 60.8 Å². The third kappa shape index (κ3) is 1.62. The molecule has 0 aliphatic carbocycles. The first kappa shape index (κ1) is 11.0. The lowest BCUT2D eigenvalue weighted by Crippen LogP contribution is -1.92. The van der Waals surface area contributed by atoms with Crippen molar-refractivity contribution in [2.24, 2.45) is 0 Å². The van der Waals surface area contributed by atoms with Crippen LogP contribution in [0.2, 0.25) is 0 Å². The van der Waals surface area contributed by atoms with E-state index < -0.39 is 0 Å². The van der Waals surface area contributed by atoms with Crippen molar-refractivity contribution >= 4 is 22.5 Å². The molecule has 0 unspecified atom stereocenters. The molecule has 0 spiro atoms. The largest absolute Gasteiger partial charge is 0.399 e. The van der Waals surface area contributed by atoms with E-state index in [-0.39, 0.29) is 0 Å². The van der Waals surface area contributed by atoms with Crippen LogP contribution in [0.5, 0.6) is 0 Å². The molecule has 4 rings (SSSR count). The van der Waals surface area contributed by atoms with E-state index in [0.29, 0.717) is 5.78 Å². The van der Waals surface area contributed by atoms with Gasteiger partial charge in [-0.15, -0.1) is 0 Å². The average molecular weight is 260 g/mol. The molecule has 0 aliphatic heterocycles. The van der Waals surface area contributed by atoms with E-state index in [1.807, 2.05) is 65.2 Å². The average Bonchev–Trinajstić information content (AvgIpc) is 2.85. The zero-order valence-corrected chi connectivity index (χ0v) is 10.7. The standard InChI is InChI=1S/C16H12N4/c17-12-5-3-4-11(10-12)13-8-9-20-15-7-2-1-6-14(15)19-16(20)18-13/h1-10H,17H2. The first-order chi connectivity index (χ1) is 9.81. The van der Waals surface area contributed by atoms with E-state index >= 15 is 0 Å². The maximum Gasteiger partial charge on any atom is 0.235 e. The molecular weight excluding hydrogens is 248 g/mol. The van der Waals surface area contributed by atoms with Crippen molar-refractivity contribution in [2.75, 3.05) is 5.73 Å². The smallest absolute Gasteiger partial charge is 0.235 e. The van der Waals surface area contributed by atoms with E-state index in [4.69, 9.17) is 5.73 Å². The number of nitrogen functional groups attached to an aromatic ring is 1. The molecule has 2 aromatic carbocycles. The van der Waals surface area contributed by atoms with Crippen LogP contribution >= 0.6 is 0 Å². The highest BCUT2D eigenvalue weighted by Gasteiger charge is 2.06. The van der Waals surface area contributed by atoms with Gasteiger partial charge in [-0.3, -0.25) is 4.40 Å². The molecule has 4 nitrogen and oxygen atoms in total. The van der Waals surface area contributed by atoms with Crippen molar-refractivity contribution in [3.63, 3.8) is 0 Å². The summed E-state index contributed by atoms with van der Waals surface area (Å²) in [5.74, 6) is 0.700. The summed E-state index contributed by atoms with van der Waals surface area (Å²) in [6.07, 6.45) is 2.00. The monoisotopic (exact) mass is 260 g/mol. The molecule has 4 aromatic rings. The lowest BCUT2D eigenvalue weighted by atomic mass is 10.1. The fourth-order valence-corrected chi connectivity index (χ4v) is 2.41. The summed E-state index contributed by atoms with van der Waals surface area (Å²) >= 11 is 0. The lowest BCUT2D eigenvalue weighted by Gasteiger charge is -2.02. The van der Waals surface area contributed by atoms with Gasteiger partial charge in [-0.05, 0) is 30.3 Å². The maximum atomic E-state index is 5.82. The van der Waals surface area contributed by atoms with Gasteiger partial charge >= 0.3 is 0 Å². The van der Waals surface area contributed by atoms with Crippen LogP contribution in [-0.2, 0) is 0 Å². The molecular formula is C16H12N4. The predicted octanol–water partition coefficient (Wildman–Crippen LogP) is 3.13. The molecule has 4 heteroatoms. The van der Waals surface area contributed by atoms with E-state index in [1.165, 1.54) is 0 Å². The number of hydrogen-bond acceptors (Lipinski definition) is 3. The Morgan fingerprint density at radius 2 is 1.80 bits per heavy atom. The SMILES string of the molecule is Nc1cccc(-c2ccn3c(n2)nc2ccccc23)c1. The molecule has 0 saturated carbocycles. The van der Waals surface area contributed by atoms with Crippen molar-refractivity contribution in [3.05, 3.63) is 60.8 Å². The first-order valence-corrected chi connectivity index (χ1v) is 6.41. The van der Waals surface area contributed by atoms with Gasteiger partial charge in [-0.2, -0.15) is 0 Å². The molecule has 0 aliphatic rings. The van der Waals surface area contributed by atoms with Gasteiger partial charge in [0.1, 0.15) is 0 Å². The Bertz CT molecular complexity index is 924. The van der Waals surface area contributed by atoms with E-state index in [2.05, 4.69) is 9.97 Å². The van der Waals surface area contributed by atoms with Gasteiger partial charge in [0.15, 0.2) is 0 Å².